The molecule has 0 aliphatic rings. The molecule has 1 nitrogen and oxygen atoms in total. The van der Waals surface area contributed by atoms with Crippen LogP contribution < -0.4 is 5.32 Å². The normalized spacial score (nSPS) is 12.4. The molecule has 0 saturated heterocycles. The number of likely N-dealkylation sites (N-methyl/N-ethyl adjacent to an activating group) is 1. The summed E-state index contributed by atoms with van der Waals surface area (Å²) in [7, 11) is 1.90. The van der Waals surface area contributed by atoms with Gasteiger partial charge in [-0.1, -0.05) is 45.7 Å². The Balaban J connectivity index is 2.28. The number of benzene rings is 2. The smallest absolute Gasteiger partial charge is 0.127 e. The molecule has 0 aliphatic carbocycles. The van der Waals surface area contributed by atoms with E-state index in [9.17, 15) is 4.39 Å². The summed E-state index contributed by atoms with van der Waals surface area (Å²) in [5.74, 6) is -0.0572. The quantitative estimate of drug-likeness (QED) is 0.812. The van der Waals surface area contributed by atoms with Crippen molar-refractivity contribution in [1.29, 1.82) is 0 Å². The van der Waals surface area contributed by atoms with Crippen molar-refractivity contribution in [2.45, 2.75) is 12.3 Å². The second-order valence-corrected chi connectivity index (χ2v) is 6.03. The molecule has 2 aromatic carbocycles. The maximum Gasteiger partial charge on any atom is 0.127 e. The van der Waals surface area contributed by atoms with Crippen LogP contribution in [-0.2, 0) is 6.42 Å². The minimum absolute atomic E-state index is 0.183. The summed E-state index contributed by atoms with van der Waals surface area (Å²) in [6.45, 7) is 0.770. The van der Waals surface area contributed by atoms with Gasteiger partial charge >= 0.3 is 0 Å². The third kappa shape index (κ3) is 3.81. The van der Waals surface area contributed by atoms with Crippen molar-refractivity contribution in [3.63, 3.8) is 0 Å². The van der Waals surface area contributed by atoms with E-state index in [0.29, 0.717) is 17.0 Å². The van der Waals surface area contributed by atoms with Crippen LogP contribution in [0.2, 0.25) is 5.02 Å². The van der Waals surface area contributed by atoms with Crippen LogP contribution in [0.25, 0.3) is 0 Å². The van der Waals surface area contributed by atoms with Gasteiger partial charge < -0.3 is 5.32 Å². The van der Waals surface area contributed by atoms with Gasteiger partial charge in [0.15, 0.2) is 0 Å². The molecular weight excluding hydrogens is 341 g/mol. The zero-order chi connectivity index (χ0) is 14.5. The Morgan fingerprint density at radius 1 is 1.20 bits per heavy atom. The van der Waals surface area contributed by atoms with Gasteiger partial charge in [-0.3, -0.25) is 0 Å². The Morgan fingerprint density at radius 3 is 2.50 bits per heavy atom. The topological polar surface area (TPSA) is 12.0 Å². The largest absolute Gasteiger partial charge is 0.319 e. The van der Waals surface area contributed by atoms with E-state index in [1.807, 2.05) is 19.2 Å². The van der Waals surface area contributed by atoms with Crippen LogP contribution in [0.3, 0.4) is 0 Å². The summed E-state index contributed by atoms with van der Waals surface area (Å²) in [5.41, 5.74) is 1.75. The highest BCUT2D eigenvalue weighted by molar-refractivity contribution is 9.10. The lowest BCUT2D eigenvalue weighted by atomic mass is 9.91. The Labute approximate surface area is 132 Å². The van der Waals surface area contributed by atoms with E-state index < -0.39 is 0 Å². The van der Waals surface area contributed by atoms with Crippen LogP contribution in [-0.4, -0.2) is 13.6 Å². The third-order valence-electron chi connectivity index (χ3n) is 3.30. The second kappa shape index (κ2) is 7.21. The number of hydrogen-bond donors (Lipinski definition) is 1. The molecule has 0 saturated carbocycles. The Bertz CT molecular complexity index is 551. The van der Waals surface area contributed by atoms with Crippen LogP contribution in [0.4, 0.5) is 4.39 Å². The van der Waals surface area contributed by atoms with Gasteiger partial charge in [0.1, 0.15) is 5.82 Å². The Kier molecular flexibility index (Phi) is 5.58. The Hall–Kier alpha value is -0.900. The maximum atomic E-state index is 13.9. The average molecular weight is 357 g/mol. The first-order chi connectivity index (χ1) is 9.61. The molecule has 1 atom stereocenters. The lowest BCUT2D eigenvalue weighted by Gasteiger charge is -2.18. The summed E-state index contributed by atoms with van der Waals surface area (Å²) < 4.78 is 15.0. The van der Waals surface area contributed by atoms with Crippen molar-refractivity contribution < 1.29 is 4.39 Å². The van der Waals surface area contributed by atoms with Gasteiger partial charge in [0, 0.05) is 27.5 Å². The van der Waals surface area contributed by atoms with Gasteiger partial charge in [0.2, 0.25) is 0 Å². The van der Waals surface area contributed by atoms with Gasteiger partial charge in [-0.05, 0) is 43.3 Å². The van der Waals surface area contributed by atoms with Crippen molar-refractivity contribution in [1.82, 2.24) is 5.32 Å². The molecule has 0 amide bonds. The van der Waals surface area contributed by atoms with Gasteiger partial charge in [0.25, 0.3) is 0 Å². The highest BCUT2D eigenvalue weighted by atomic mass is 79.9. The number of hydrogen-bond acceptors (Lipinski definition) is 1. The van der Waals surface area contributed by atoms with Crippen LogP contribution in [0, 0.1) is 5.82 Å². The molecule has 2 rings (SSSR count). The van der Waals surface area contributed by atoms with Crippen LogP contribution >= 0.6 is 27.5 Å². The first-order valence-electron chi connectivity index (χ1n) is 6.44. The fourth-order valence-corrected chi connectivity index (χ4v) is 2.77. The van der Waals surface area contributed by atoms with Gasteiger partial charge in [-0.25, -0.2) is 4.39 Å². The zero-order valence-electron chi connectivity index (χ0n) is 11.2. The van der Waals surface area contributed by atoms with Gasteiger partial charge in [-0.15, -0.1) is 0 Å². The summed E-state index contributed by atoms with van der Waals surface area (Å²) >= 11 is 9.55. The molecule has 0 aliphatic heterocycles. The minimum Gasteiger partial charge on any atom is -0.319 e. The molecule has 1 N–H and O–H groups in total. The summed E-state index contributed by atoms with van der Waals surface area (Å²) in [4.78, 5) is 0. The predicted octanol–water partition coefficient (Wildman–Crippen LogP) is 4.79. The molecule has 106 valence electrons. The van der Waals surface area contributed by atoms with Crippen LogP contribution in [0.1, 0.15) is 17.0 Å². The summed E-state index contributed by atoms with van der Waals surface area (Å²) in [5, 5.41) is 3.65. The summed E-state index contributed by atoms with van der Waals surface area (Å²) in [6, 6.07) is 12.9. The van der Waals surface area contributed by atoms with E-state index in [-0.39, 0.29) is 11.7 Å². The van der Waals surface area contributed by atoms with E-state index >= 15 is 0 Å². The van der Waals surface area contributed by atoms with E-state index in [0.717, 1.165) is 11.0 Å². The van der Waals surface area contributed by atoms with Crippen molar-refractivity contribution in [2.24, 2.45) is 0 Å². The number of rotatable bonds is 5. The molecule has 0 aromatic heterocycles. The molecular formula is C16H16BrClFN. The molecule has 0 radical (unpaired) electrons. The fraction of sp³-hybridized carbons (Fsp3) is 0.250. The minimum atomic E-state index is -0.240. The monoisotopic (exact) mass is 355 g/mol. The molecule has 0 bridgehead atoms. The van der Waals surface area contributed by atoms with E-state index in [1.54, 1.807) is 12.1 Å². The zero-order valence-corrected chi connectivity index (χ0v) is 13.5. The van der Waals surface area contributed by atoms with E-state index in [1.165, 1.54) is 11.6 Å². The number of nitrogens with one attached hydrogen (secondary N) is 1. The fourth-order valence-electron chi connectivity index (χ4n) is 2.26. The predicted molar refractivity (Wildman–Crippen MR) is 85.9 cm³/mol. The van der Waals surface area contributed by atoms with Crippen LogP contribution in [0.15, 0.2) is 46.9 Å². The SMILES string of the molecule is CNCC(Cc1c(F)cccc1Cl)c1ccc(Br)cc1. The second-order valence-electron chi connectivity index (χ2n) is 4.71. The third-order valence-corrected chi connectivity index (χ3v) is 4.19. The lowest BCUT2D eigenvalue weighted by molar-refractivity contribution is 0.574. The molecule has 2 aromatic rings. The first-order valence-corrected chi connectivity index (χ1v) is 7.62. The van der Waals surface area contributed by atoms with Crippen molar-refractivity contribution in [2.75, 3.05) is 13.6 Å². The van der Waals surface area contributed by atoms with Gasteiger partial charge in [0.05, 0.1) is 0 Å². The molecule has 20 heavy (non-hydrogen) atoms. The molecule has 0 heterocycles. The molecule has 0 spiro atoms. The van der Waals surface area contributed by atoms with Crippen molar-refractivity contribution in [3.8, 4) is 0 Å². The highest BCUT2D eigenvalue weighted by Crippen LogP contribution is 2.27. The summed E-state index contributed by atoms with van der Waals surface area (Å²) in [6.07, 6.45) is 0.577. The van der Waals surface area contributed by atoms with Crippen molar-refractivity contribution in [3.05, 3.63) is 68.9 Å². The number of halogens is 3. The Morgan fingerprint density at radius 2 is 1.90 bits per heavy atom. The van der Waals surface area contributed by atoms with Crippen LogP contribution in [0.5, 0.6) is 0 Å². The van der Waals surface area contributed by atoms with Crippen molar-refractivity contribution >= 4 is 27.5 Å². The standard InChI is InChI=1S/C16H16BrClFN/c1-20-10-12(11-5-7-13(17)8-6-11)9-14-15(18)3-2-4-16(14)19/h2-8,12,20H,9-10H2,1H3. The average Bonchev–Trinajstić information content (AvgIpc) is 2.43. The molecule has 0 fully saturated rings. The van der Waals surface area contributed by atoms with Gasteiger partial charge in [-0.2, -0.15) is 0 Å². The van der Waals surface area contributed by atoms with E-state index in [2.05, 4.69) is 33.4 Å². The highest BCUT2D eigenvalue weighted by Gasteiger charge is 2.16. The molecule has 4 heteroatoms. The lowest BCUT2D eigenvalue weighted by Crippen LogP contribution is -2.19. The first kappa shape index (κ1) is 15.5. The maximum absolute atomic E-state index is 13.9. The van der Waals surface area contributed by atoms with E-state index in [4.69, 9.17) is 11.6 Å². The molecule has 1 unspecified atom stereocenters.